The highest BCUT2D eigenvalue weighted by molar-refractivity contribution is 5.93. The van der Waals surface area contributed by atoms with Gasteiger partial charge in [-0.15, -0.1) is 0 Å². The quantitative estimate of drug-likeness (QED) is 0.890. The molecular weight excluding hydrogens is 294 g/mol. The van der Waals surface area contributed by atoms with Gasteiger partial charge in [0.25, 0.3) is 5.91 Å². The third-order valence-corrected chi connectivity index (χ3v) is 4.74. The minimum absolute atomic E-state index is 0.0893. The van der Waals surface area contributed by atoms with E-state index < -0.39 is 0 Å². The van der Waals surface area contributed by atoms with Crippen molar-refractivity contribution >= 4 is 17.6 Å². The van der Waals surface area contributed by atoms with Gasteiger partial charge in [0.2, 0.25) is 5.91 Å². The molecule has 1 aromatic heterocycles. The number of hydrogen-bond donors (Lipinski definition) is 1. The second kappa shape index (κ2) is 6.93. The fraction of sp³-hybridized carbons (Fsp3) is 0.625. The lowest BCUT2D eigenvalue weighted by molar-refractivity contribution is -0.123. The maximum atomic E-state index is 12.6. The summed E-state index contributed by atoms with van der Waals surface area (Å²) in [4.78, 5) is 36.2. The van der Waals surface area contributed by atoms with E-state index in [0.717, 1.165) is 31.7 Å². The molecule has 1 aromatic rings. The third kappa shape index (κ3) is 3.60. The van der Waals surface area contributed by atoms with Gasteiger partial charge >= 0.3 is 0 Å². The molecule has 0 unspecified atom stereocenters. The van der Waals surface area contributed by atoms with Crippen LogP contribution in [0.15, 0.2) is 12.4 Å². The molecule has 2 aliphatic rings. The lowest BCUT2D eigenvalue weighted by atomic mass is 9.96. The Bertz CT molecular complexity index is 578. The molecule has 3 rings (SSSR count). The minimum Gasteiger partial charge on any atom is -0.369 e. The SMILES string of the molecule is NC(=O)C1CCN(C(=O)c2cc(N3CCCCC3)ncn2)CC1. The Labute approximate surface area is 135 Å². The molecule has 23 heavy (non-hydrogen) atoms. The summed E-state index contributed by atoms with van der Waals surface area (Å²) in [5.41, 5.74) is 5.76. The number of piperidine rings is 2. The van der Waals surface area contributed by atoms with E-state index in [9.17, 15) is 9.59 Å². The molecule has 2 saturated heterocycles. The first kappa shape index (κ1) is 15.7. The molecule has 3 heterocycles. The highest BCUT2D eigenvalue weighted by Gasteiger charge is 2.27. The van der Waals surface area contributed by atoms with Crippen LogP contribution in [0.5, 0.6) is 0 Å². The molecule has 0 aliphatic carbocycles. The Morgan fingerprint density at radius 1 is 1.04 bits per heavy atom. The van der Waals surface area contributed by atoms with Crippen LogP contribution in [0.4, 0.5) is 5.82 Å². The van der Waals surface area contributed by atoms with Gasteiger partial charge in [-0.25, -0.2) is 9.97 Å². The monoisotopic (exact) mass is 317 g/mol. The smallest absolute Gasteiger partial charge is 0.272 e. The van der Waals surface area contributed by atoms with Crippen molar-refractivity contribution in [2.45, 2.75) is 32.1 Å². The van der Waals surface area contributed by atoms with Crippen LogP contribution < -0.4 is 10.6 Å². The predicted octanol–water partition coefficient (Wildman–Crippen LogP) is 0.804. The summed E-state index contributed by atoms with van der Waals surface area (Å²) in [6.07, 6.45) is 6.30. The van der Waals surface area contributed by atoms with Gasteiger partial charge in [-0.3, -0.25) is 9.59 Å². The summed E-state index contributed by atoms with van der Waals surface area (Å²) in [5.74, 6) is 0.350. The second-order valence-corrected chi connectivity index (χ2v) is 6.28. The van der Waals surface area contributed by atoms with E-state index in [0.29, 0.717) is 31.6 Å². The molecular formula is C16H23N5O2. The molecule has 0 atom stereocenters. The van der Waals surface area contributed by atoms with E-state index in [4.69, 9.17) is 5.73 Å². The number of nitrogens with two attached hydrogens (primary N) is 1. The lowest BCUT2D eigenvalue weighted by Gasteiger charge is -2.31. The molecule has 7 heteroatoms. The highest BCUT2D eigenvalue weighted by atomic mass is 16.2. The predicted molar refractivity (Wildman–Crippen MR) is 85.9 cm³/mol. The molecule has 0 bridgehead atoms. The van der Waals surface area contributed by atoms with Gasteiger partial charge < -0.3 is 15.5 Å². The van der Waals surface area contributed by atoms with Crippen molar-refractivity contribution in [1.82, 2.24) is 14.9 Å². The molecule has 0 saturated carbocycles. The van der Waals surface area contributed by atoms with Gasteiger partial charge in [0.15, 0.2) is 0 Å². The lowest BCUT2D eigenvalue weighted by Crippen LogP contribution is -2.42. The summed E-state index contributed by atoms with van der Waals surface area (Å²) in [6, 6.07) is 1.79. The first-order valence-corrected chi connectivity index (χ1v) is 8.31. The zero-order chi connectivity index (χ0) is 16.2. The van der Waals surface area contributed by atoms with Gasteiger partial charge in [0.05, 0.1) is 0 Å². The van der Waals surface area contributed by atoms with Crippen molar-refractivity contribution in [2.24, 2.45) is 11.7 Å². The molecule has 0 radical (unpaired) electrons. The van der Waals surface area contributed by atoms with Crippen LogP contribution >= 0.6 is 0 Å². The van der Waals surface area contributed by atoms with Crippen LogP contribution in [-0.2, 0) is 4.79 Å². The second-order valence-electron chi connectivity index (χ2n) is 6.28. The average molecular weight is 317 g/mol. The fourth-order valence-electron chi connectivity index (χ4n) is 3.29. The Kier molecular flexibility index (Phi) is 4.73. The van der Waals surface area contributed by atoms with E-state index in [1.807, 2.05) is 0 Å². The molecule has 2 aliphatic heterocycles. The molecule has 7 nitrogen and oxygen atoms in total. The van der Waals surface area contributed by atoms with Gasteiger partial charge in [0.1, 0.15) is 17.8 Å². The van der Waals surface area contributed by atoms with E-state index >= 15 is 0 Å². The van der Waals surface area contributed by atoms with Gasteiger partial charge in [-0.05, 0) is 32.1 Å². The molecule has 2 fully saturated rings. The van der Waals surface area contributed by atoms with Crippen LogP contribution in [-0.4, -0.2) is 52.9 Å². The van der Waals surface area contributed by atoms with Crippen molar-refractivity contribution in [3.8, 4) is 0 Å². The minimum atomic E-state index is -0.272. The van der Waals surface area contributed by atoms with Crippen LogP contribution in [0.1, 0.15) is 42.6 Å². The number of carbonyl (C=O) groups is 2. The summed E-state index contributed by atoms with van der Waals surface area (Å²) in [6.45, 7) is 3.06. The summed E-state index contributed by atoms with van der Waals surface area (Å²) in [7, 11) is 0. The fourth-order valence-corrected chi connectivity index (χ4v) is 3.29. The topological polar surface area (TPSA) is 92.4 Å². The van der Waals surface area contributed by atoms with Crippen molar-refractivity contribution in [1.29, 1.82) is 0 Å². The third-order valence-electron chi connectivity index (χ3n) is 4.74. The van der Waals surface area contributed by atoms with E-state index in [1.54, 1.807) is 11.0 Å². The number of rotatable bonds is 3. The van der Waals surface area contributed by atoms with Crippen molar-refractivity contribution in [3.05, 3.63) is 18.1 Å². The maximum absolute atomic E-state index is 12.6. The van der Waals surface area contributed by atoms with Crippen molar-refractivity contribution in [2.75, 3.05) is 31.1 Å². The summed E-state index contributed by atoms with van der Waals surface area (Å²) < 4.78 is 0. The number of aromatic nitrogens is 2. The molecule has 2 amide bonds. The Balaban J connectivity index is 1.67. The highest BCUT2D eigenvalue weighted by Crippen LogP contribution is 2.21. The number of primary amides is 1. The number of nitrogens with zero attached hydrogens (tertiary/aromatic N) is 4. The number of hydrogen-bond acceptors (Lipinski definition) is 5. The molecule has 0 spiro atoms. The zero-order valence-corrected chi connectivity index (χ0v) is 13.3. The van der Waals surface area contributed by atoms with Crippen LogP contribution in [0, 0.1) is 5.92 Å². The standard InChI is InChI=1S/C16H23N5O2/c17-15(22)12-4-8-21(9-5-12)16(23)13-10-14(19-11-18-13)20-6-2-1-3-7-20/h10-12H,1-9H2,(H2,17,22). The first-order chi connectivity index (χ1) is 11.1. The van der Waals surface area contributed by atoms with Gasteiger partial charge in [-0.1, -0.05) is 0 Å². The van der Waals surface area contributed by atoms with E-state index in [-0.39, 0.29) is 17.7 Å². The number of anilines is 1. The molecule has 124 valence electrons. The average Bonchev–Trinajstić information content (AvgIpc) is 2.62. The Morgan fingerprint density at radius 3 is 2.39 bits per heavy atom. The van der Waals surface area contributed by atoms with Crippen molar-refractivity contribution < 1.29 is 9.59 Å². The van der Waals surface area contributed by atoms with E-state index in [1.165, 1.54) is 12.7 Å². The number of amides is 2. The Morgan fingerprint density at radius 2 is 1.74 bits per heavy atom. The molecule has 0 aromatic carbocycles. The number of likely N-dealkylation sites (tertiary alicyclic amines) is 1. The maximum Gasteiger partial charge on any atom is 0.272 e. The zero-order valence-electron chi connectivity index (χ0n) is 13.3. The largest absolute Gasteiger partial charge is 0.369 e. The van der Waals surface area contributed by atoms with E-state index in [2.05, 4.69) is 14.9 Å². The normalized spacial score (nSPS) is 19.7. The van der Waals surface area contributed by atoms with Crippen LogP contribution in [0.25, 0.3) is 0 Å². The Hall–Kier alpha value is -2.18. The van der Waals surface area contributed by atoms with Crippen LogP contribution in [0.3, 0.4) is 0 Å². The van der Waals surface area contributed by atoms with Gasteiger partial charge in [0, 0.05) is 38.2 Å². The summed E-state index contributed by atoms with van der Waals surface area (Å²) in [5, 5.41) is 0. The van der Waals surface area contributed by atoms with Crippen LogP contribution in [0.2, 0.25) is 0 Å². The van der Waals surface area contributed by atoms with Crippen molar-refractivity contribution in [3.63, 3.8) is 0 Å². The molecule has 2 N–H and O–H groups in total. The summed E-state index contributed by atoms with van der Waals surface area (Å²) >= 11 is 0. The van der Waals surface area contributed by atoms with Gasteiger partial charge in [-0.2, -0.15) is 0 Å². The first-order valence-electron chi connectivity index (χ1n) is 8.31. The number of carbonyl (C=O) groups excluding carboxylic acids is 2.